The molecule has 2 N–H and O–H groups in total. The van der Waals surface area contributed by atoms with E-state index in [9.17, 15) is 9.59 Å². The zero-order chi connectivity index (χ0) is 11.0. The highest BCUT2D eigenvalue weighted by Crippen LogP contribution is 2.06. The number of nitrogens with one attached hydrogen (secondary N) is 2. The van der Waals surface area contributed by atoms with Crippen LogP contribution in [-0.4, -0.2) is 29.5 Å². The van der Waals surface area contributed by atoms with E-state index in [1.54, 1.807) is 0 Å². The van der Waals surface area contributed by atoms with Gasteiger partial charge in [-0.3, -0.25) is 9.59 Å². The quantitative estimate of drug-likeness (QED) is 0.393. The van der Waals surface area contributed by atoms with Gasteiger partial charge < -0.3 is 10.6 Å². The van der Waals surface area contributed by atoms with Crippen molar-refractivity contribution in [1.29, 1.82) is 0 Å². The third-order valence-electron chi connectivity index (χ3n) is 1.51. The van der Waals surface area contributed by atoms with E-state index in [4.69, 9.17) is 0 Å². The van der Waals surface area contributed by atoms with Gasteiger partial charge >= 0.3 is 0 Å². The normalized spacial score (nSPS) is 11.9. The molecule has 0 saturated carbocycles. The first kappa shape index (κ1) is 13.6. The van der Waals surface area contributed by atoms with Crippen LogP contribution in [0.2, 0.25) is 0 Å². The minimum Gasteiger partial charge on any atom is -0.339 e. The molecule has 1 atom stereocenters. The van der Waals surface area contributed by atoms with Crippen molar-refractivity contribution in [3.05, 3.63) is 0 Å². The van der Waals surface area contributed by atoms with Crippen LogP contribution in [0.15, 0.2) is 0 Å². The fraction of sp³-hybridized carbons (Fsp3) is 0.750. The lowest BCUT2D eigenvalue weighted by Gasteiger charge is -2.09. The molecule has 0 rings (SSSR count). The van der Waals surface area contributed by atoms with E-state index in [-0.39, 0.29) is 23.7 Å². The second-order valence-electron chi connectivity index (χ2n) is 2.88. The Bertz CT molecular complexity index is 200. The molecule has 4 nitrogen and oxygen atoms in total. The molecule has 0 saturated heterocycles. The summed E-state index contributed by atoms with van der Waals surface area (Å²) in [6, 6.07) is 0. The number of thiol groups is 2. The highest BCUT2D eigenvalue weighted by molar-refractivity contribution is 7.81. The van der Waals surface area contributed by atoms with Crippen molar-refractivity contribution >= 4 is 37.1 Å². The van der Waals surface area contributed by atoms with Crippen LogP contribution in [0.25, 0.3) is 0 Å². The van der Waals surface area contributed by atoms with Gasteiger partial charge in [-0.1, -0.05) is 0 Å². The van der Waals surface area contributed by atoms with Gasteiger partial charge in [0.1, 0.15) is 0 Å². The van der Waals surface area contributed by atoms with Crippen LogP contribution in [0, 0.1) is 0 Å². The van der Waals surface area contributed by atoms with E-state index in [1.807, 2.05) is 0 Å². The van der Waals surface area contributed by atoms with E-state index in [1.165, 1.54) is 6.92 Å². The Morgan fingerprint density at radius 2 is 2.00 bits per heavy atom. The Morgan fingerprint density at radius 3 is 2.50 bits per heavy atom. The minimum absolute atomic E-state index is 0.0322. The summed E-state index contributed by atoms with van der Waals surface area (Å²) in [7, 11) is 0. The highest BCUT2D eigenvalue weighted by atomic mass is 32.1. The standard InChI is InChI=1S/C8H16N2O2S2/c1-6(11)9-5-10-8(12)4-7(14)2-3-13/h7,13-14H,2-5H2,1H3,(H,9,11)(H,10,12). The lowest BCUT2D eigenvalue weighted by atomic mass is 10.2. The van der Waals surface area contributed by atoms with Crippen molar-refractivity contribution in [1.82, 2.24) is 10.6 Å². The van der Waals surface area contributed by atoms with E-state index >= 15 is 0 Å². The second-order valence-corrected chi connectivity index (χ2v) is 4.06. The lowest BCUT2D eigenvalue weighted by Crippen LogP contribution is -2.36. The van der Waals surface area contributed by atoms with Gasteiger partial charge in [0, 0.05) is 18.6 Å². The van der Waals surface area contributed by atoms with E-state index < -0.39 is 0 Å². The molecule has 6 heteroatoms. The van der Waals surface area contributed by atoms with Gasteiger partial charge in [0.15, 0.2) is 0 Å². The van der Waals surface area contributed by atoms with Crippen LogP contribution in [0.4, 0.5) is 0 Å². The first-order valence-electron chi connectivity index (χ1n) is 4.36. The summed E-state index contributed by atoms with van der Waals surface area (Å²) in [4.78, 5) is 21.6. The van der Waals surface area contributed by atoms with Crippen LogP contribution in [0.5, 0.6) is 0 Å². The summed E-state index contributed by atoms with van der Waals surface area (Å²) >= 11 is 8.26. The van der Waals surface area contributed by atoms with Gasteiger partial charge in [-0.25, -0.2) is 0 Å². The molecule has 14 heavy (non-hydrogen) atoms. The first-order valence-corrected chi connectivity index (χ1v) is 5.51. The number of carbonyl (C=O) groups excluding carboxylic acids is 2. The molecule has 0 aliphatic heterocycles. The summed E-state index contributed by atoms with van der Waals surface area (Å²) in [6.45, 7) is 1.57. The fourth-order valence-electron chi connectivity index (χ4n) is 0.805. The van der Waals surface area contributed by atoms with Gasteiger partial charge in [0.05, 0.1) is 6.67 Å². The van der Waals surface area contributed by atoms with Crippen LogP contribution in [0.3, 0.4) is 0 Å². The maximum absolute atomic E-state index is 11.2. The molecule has 0 heterocycles. The largest absolute Gasteiger partial charge is 0.339 e. The maximum Gasteiger partial charge on any atom is 0.222 e. The summed E-state index contributed by atoms with van der Waals surface area (Å²) in [6.07, 6.45) is 1.14. The molecule has 2 amide bonds. The Balaban J connectivity index is 3.50. The third-order valence-corrected chi connectivity index (χ3v) is 2.21. The monoisotopic (exact) mass is 236 g/mol. The molecule has 0 radical (unpaired) electrons. The molecule has 1 unspecified atom stereocenters. The lowest BCUT2D eigenvalue weighted by molar-refractivity contribution is -0.122. The number of amides is 2. The predicted octanol–water partition coefficient (Wildman–Crippen LogP) is 0.205. The van der Waals surface area contributed by atoms with Crippen LogP contribution >= 0.6 is 25.3 Å². The van der Waals surface area contributed by atoms with Gasteiger partial charge in [0.25, 0.3) is 0 Å². The summed E-state index contributed by atoms with van der Waals surface area (Å²) in [5, 5.41) is 5.06. The Hall–Kier alpha value is -0.360. The van der Waals surface area contributed by atoms with Crippen molar-refractivity contribution in [2.24, 2.45) is 0 Å². The molecule has 0 bridgehead atoms. The molecule has 0 spiro atoms. The minimum atomic E-state index is -0.164. The van der Waals surface area contributed by atoms with Crippen molar-refractivity contribution in [2.45, 2.75) is 25.0 Å². The van der Waals surface area contributed by atoms with Crippen LogP contribution in [-0.2, 0) is 9.59 Å². The van der Waals surface area contributed by atoms with Crippen LogP contribution in [0.1, 0.15) is 19.8 Å². The predicted molar refractivity (Wildman–Crippen MR) is 62.7 cm³/mol. The number of hydrogen-bond donors (Lipinski definition) is 4. The average Bonchev–Trinajstić information content (AvgIpc) is 2.03. The Morgan fingerprint density at radius 1 is 1.36 bits per heavy atom. The van der Waals surface area contributed by atoms with Gasteiger partial charge in [0.2, 0.25) is 11.8 Å². The molecule has 0 aliphatic rings. The van der Waals surface area contributed by atoms with Gasteiger partial charge in [-0.2, -0.15) is 25.3 Å². The molecule has 82 valence electrons. The molecular formula is C8H16N2O2S2. The van der Waals surface area contributed by atoms with Crippen molar-refractivity contribution < 1.29 is 9.59 Å². The van der Waals surface area contributed by atoms with Gasteiger partial charge in [-0.05, 0) is 12.2 Å². The molecule has 0 fully saturated rings. The van der Waals surface area contributed by atoms with Crippen molar-refractivity contribution in [3.63, 3.8) is 0 Å². The van der Waals surface area contributed by atoms with E-state index in [2.05, 4.69) is 35.9 Å². The zero-order valence-corrected chi connectivity index (χ0v) is 9.91. The number of rotatable bonds is 6. The van der Waals surface area contributed by atoms with Crippen molar-refractivity contribution in [3.8, 4) is 0 Å². The summed E-state index contributed by atoms with van der Waals surface area (Å²) < 4.78 is 0. The number of hydrogen-bond acceptors (Lipinski definition) is 4. The molecular weight excluding hydrogens is 220 g/mol. The zero-order valence-electron chi connectivity index (χ0n) is 8.12. The maximum atomic E-state index is 11.2. The fourth-order valence-corrected chi connectivity index (χ4v) is 1.61. The smallest absolute Gasteiger partial charge is 0.222 e. The van der Waals surface area contributed by atoms with Crippen molar-refractivity contribution in [2.75, 3.05) is 12.4 Å². The van der Waals surface area contributed by atoms with E-state index in [0.717, 1.165) is 6.42 Å². The topological polar surface area (TPSA) is 58.2 Å². The average molecular weight is 236 g/mol. The second kappa shape index (κ2) is 7.99. The van der Waals surface area contributed by atoms with Gasteiger partial charge in [-0.15, -0.1) is 0 Å². The number of carbonyl (C=O) groups is 2. The molecule has 0 aromatic rings. The third kappa shape index (κ3) is 8.25. The summed E-state index contributed by atoms with van der Waals surface area (Å²) in [5.41, 5.74) is 0. The summed E-state index contributed by atoms with van der Waals surface area (Å²) in [5.74, 6) is 0.441. The first-order chi connectivity index (χ1) is 6.56. The SMILES string of the molecule is CC(=O)NCNC(=O)CC(S)CCS. The highest BCUT2D eigenvalue weighted by Gasteiger charge is 2.08. The molecule has 0 aromatic heterocycles. The Kier molecular flexibility index (Phi) is 7.78. The van der Waals surface area contributed by atoms with Crippen LogP contribution < -0.4 is 10.6 Å². The Labute approximate surface area is 95.0 Å². The van der Waals surface area contributed by atoms with E-state index in [0.29, 0.717) is 12.2 Å². The molecule has 0 aliphatic carbocycles. The molecule has 0 aromatic carbocycles.